The molecule has 0 bridgehead atoms. The van der Waals surface area contributed by atoms with E-state index in [1.807, 2.05) is 0 Å². The van der Waals surface area contributed by atoms with Crippen molar-refractivity contribution in [1.82, 2.24) is 0 Å². The zero-order valence-corrected chi connectivity index (χ0v) is 18.9. The molecule has 156 valence electrons. The van der Waals surface area contributed by atoms with Crippen LogP contribution >= 0.6 is 20.2 Å². The van der Waals surface area contributed by atoms with Crippen LogP contribution in [-0.2, 0) is 19.1 Å². The summed E-state index contributed by atoms with van der Waals surface area (Å²) in [6.45, 7) is 6.24. The van der Waals surface area contributed by atoms with Crippen LogP contribution in [0.3, 0.4) is 0 Å². The molecule has 0 fully saturated rings. The van der Waals surface area contributed by atoms with Gasteiger partial charge in [0.1, 0.15) is 0 Å². The summed E-state index contributed by atoms with van der Waals surface area (Å²) in [5.74, 6) is 0.513. The number of hydrogen-bond acceptors (Lipinski definition) is 4. The molecule has 0 unspecified atom stereocenters. The Hall–Kier alpha value is -1.33. The molecule has 2 aromatic rings. The van der Waals surface area contributed by atoms with Gasteiger partial charge in [0.25, 0.3) is 0 Å². The van der Waals surface area contributed by atoms with E-state index in [1.165, 1.54) is 7.11 Å². The SMILES string of the molecule is COc1ccc(I(OS(=O)(=O)C(F)(F)F)c2ccc(CC(C)(C)C)cc2)cc1. The molecule has 2 rings (SSSR count). The van der Waals surface area contributed by atoms with Crippen LogP contribution in [0.25, 0.3) is 0 Å². The van der Waals surface area contributed by atoms with Crippen LogP contribution in [0.1, 0.15) is 26.3 Å². The van der Waals surface area contributed by atoms with E-state index in [0.717, 1.165) is 12.0 Å². The Morgan fingerprint density at radius 2 is 1.36 bits per heavy atom. The van der Waals surface area contributed by atoms with E-state index in [0.29, 0.717) is 12.9 Å². The van der Waals surface area contributed by atoms with Gasteiger partial charge in [0.2, 0.25) is 0 Å². The Balaban J connectivity index is 2.43. The van der Waals surface area contributed by atoms with E-state index in [-0.39, 0.29) is 5.41 Å². The summed E-state index contributed by atoms with van der Waals surface area (Å²) in [5, 5.41) is 0. The molecule has 0 saturated heterocycles. The topological polar surface area (TPSA) is 52.6 Å². The predicted octanol–water partition coefficient (Wildman–Crippen LogP) is 5.61. The van der Waals surface area contributed by atoms with Gasteiger partial charge in [0.05, 0.1) is 0 Å². The minimum absolute atomic E-state index is 0.0475. The second kappa shape index (κ2) is 8.58. The van der Waals surface area contributed by atoms with Gasteiger partial charge in [-0.3, -0.25) is 0 Å². The number of benzene rings is 2. The minimum atomic E-state index is -5.71. The van der Waals surface area contributed by atoms with Crippen molar-refractivity contribution in [2.24, 2.45) is 5.41 Å². The monoisotopic (exact) mass is 530 g/mol. The summed E-state index contributed by atoms with van der Waals surface area (Å²) in [5.41, 5.74) is -4.41. The maximum absolute atomic E-state index is 12.9. The van der Waals surface area contributed by atoms with Crippen molar-refractivity contribution in [2.75, 3.05) is 7.11 Å². The summed E-state index contributed by atoms with van der Waals surface area (Å²) < 4.78 is 72.6. The number of rotatable bonds is 6. The van der Waals surface area contributed by atoms with Gasteiger partial charge in [0.15, 0.2) is 0 Å². The first kappa shape index (κ1) is 23.0. The van der Waals surface area contributed by atoms with Crippen molar-refractivity contribution in [3.63, 3.8) is 0 Å². The van der Waals surface area contributed by atoms with Crippen molar-refractivity contribution < 1.29 is 28.8 Å². The van der Waals surface area contributed by atoms with Crippen molar-refractivity contribution in [2.45, 2.75) is 32.7 Å². The summed E-state index contributed by atoms with van der Waals surface area (Å²) in [6, 6.07) is 13.1. The fraction of sp³-hybridized carbons (Fsp3) is 0.368. The van der Waals surface area contributed by atoms with Gasteiger partial charge in [0, 0.05) is 0 Å². The standard InChI is InChI=1S/C19H22F3IO4S/c1-18(2,3)13-14-5-7-15(8-6-14)23(27-28(24,25)19(20,21)22)16-9-11-17(26-4)12-10-16/h5-12H,13H2,1-4H3. The zero-order chi connectivity index (χ0) is 21.2. The third-order valence-electron chi connectivity index (χ3n) is 3.52. The van der Waals surface area contributed by atoms with Crippen LogP contribution in [0.2, 0.25) is 0 Å². The van der Waals surface area contributed by atoms with Crippen LogP contribution < -0.4 is 4.74 Å². The third kappa shape index (κ3) is 6.08. The van der Waals surface area contributed by atoms with Gasteiger partial charge in [-0.1, -0.05) is 0 Å². The van der Waals surface area contributed by atoms with Crippen molar-refractivity contribution >= 4 is 30.4 Å². The zero-order valence-electron chi connectivity index (χ0n) is 15.9. The molecule has 0 aromatic heterocycles. The third-order valence-corrected chi connectivity index (χ3v) is 10.6. The van der Waals surface area contributed by atoms with Crippen LogP contribution in [-0.4, -0.2) is 21.0 Å². The molecule has 0 aliphatic heterocycles. The van der Waals surface area contributed by atoms with Crippen LogP contribution in [0.15, 0.2) is 48.5 Å². The summed E-state index contributed by atoms with van der Waals surface area (Å²) in [4.78, 5) is 0. The predicted molar refractivity (Wildman–Crippen MR) is 110 cm³/mol. The summed E-state index contributed by atoms with van der Waals surface area (Å²) >= 11 is -3.36. The number of halogens is 4. The number of methoxy groups -OCH3 is 1. The van der Waals surface area contributed by atoms with Crippen LogP contribution in [0.5, 0.6) is 5.75 Å². The quantitative estimate of drug-likeness (QED) is 0.360. The fourth-order valence-corrected chi connectivity index (χ4v) is 8.74. The molecular weight excluding hydrogens is 508 g/mol. The molecule has 0 amide bonds. The van der Waals surface area contributed by atoms with E-state index in [2.05, 4.69) is 20.8 Å². The van der Waals surface area contributed by atoms with E-state index in [1.54, 1.807) is 48.5 Å². The van der Waals surface area contributed by atoms with Gasteiger partial charge in [-0.25, -0.2) is 0 Å². The van der Waals surface area contributed by atoms with Crippen molar-refractivity contribution in [3.8, 4) is 5.75 Å². The Bertz CT molecular complexity index is 887. The average molecular weight is 530 g/mol. The number of ether oxygens (including phenoxy) is 1. The molecular formula is C19H22F3IO4S. The number of alkyl halides is 3. The van der Waals surface area contributed by atoms with Gasteiger partial charge in [-0.05, 0) is 0 Å². The Labute approximate surface area is 171 Å². The van der Waals surface area contributed by atoms with E-state index < -0.39 is 35.9 Å². The molecule has 28 heavy (non-hydrogen) atoms. The molecule has 0 aliphatic rings. The molecule has 0 spiro atoms. The molecule has 0 atom stereocenters. The molecule has 0 aliphatic carbocycles. The summed E-state index contributed by atoms with van der Waals surface area (Å²) in [6.07, 6.45) is 0.783. The van der Waals surface area contributed by atoms with Gasteiger partial charge >= 0.3 is 171 Å². The second-order valence-electron chi connectivity index (χ2n) is 7.23. The molecule has 0 N–H and O–H groups in total. The first-order valence-corrected chi connectivity index (χ1v) is 12.7. The van der Waals surface area contributed by atoms with E-state index >= 15 is 0 Å². The Kier molecular flexibility index (Phi) is 7.03. The fourth-order valence-electron chi connectivity index (χ4n) is 2.33. The van der Waals surface area contributed by atoms with Crippen LogP contribution in [0, 0.1) is 12.6 Å². The number of hydrogen-bond donors (Lipinski definition) is 0. The first-order valence-electron chi connectivity index (χ1n) is 8.27. The molecule has 0 heterocycles. The van der Waals surface area contributed by atoms with Gasteiger partial charge < -0.3 is 0 Å². The molecule has 4 nitrogen and oxygen atoms in total. The average Bonchev–Trinajstić information content (AvgIpc) is 2.58. The summed E-state index contributed by atoms with van der Waals surface area (Å²) in [7, 11) is -4.25. The molecule has 2 aromatic carbocycles. The first-order chi connectivity index (χ1) is 12.8. The van der Waals surface area contributed by atoms with Crippen molar-refractivity contribution in [1.29, 1.82) is 0 Å². The molecule has 9 heteroatoms. The Morgan fingerprint density at radius 3 is 1.75 bits per heavy atom. The van der Waals surface area contributed by atoms with E-state index in [9.17, 15) is 21.6 Å². The van der Waals surface area contributed by atoms with E-state index in [4.69, 9.17) is 7.25 Å². The maximum atomic E-state index is 12.9. The Morgan fingerprint density at radius 1 is 0.893 bits per heavy atom. The second-order valence-corrected chi connectivity index (χ2v) is 13.7. The van der Waals surface area contributed by atoms with Gasteiger partial charge in [-0.2, -0.15) is 0 Å². The van der Waals surface area contributed by atoms with Crippen LogP contribution in [0.4, 0.5) is 13.2 Å². The molecule has 0 saturated carbocycles. The van der Waals surface area contributed by atoms with Gasteiger partial charge in [-0.15, -0.1) is 0 Å². The molecule has 0 radical (unpaired) electrons. The van der Waals surface area contributed by atoms with Crippen molar-refractivity contribution in [3.05, 3.63) is 61.2 Å². The normalized spacial score (nSPS) is 13.3.